The first-order valence-corrected chi connectivity index (χ1v) is 9.62. The Balaban J connectivity index is 1.51. The number of likely N-dealkylation sites (N-methyl/N-ethyl adjacent to an activating group) is 1. The Kier molecular flexibility index (Phi) is 6.38. The van der Waals surface area contributed by atoms with Gasteiger partial charge in [-0.05, 0) is 44.4 Å². The summed E-state index contributed by atoms with van der Waals surface area (Å²) < 4.78 is 10.9. The van der Waals surface area contributed by atoms with Gasteiger partial charge in [-0.2, -0.15) is 0 Å². The first-order valence-electron chi connectivity index (χ1n) is 9.62. The number of nitrogens with zero attached hydrogens (tertiary/aromatic N) is 2. The van der Waals surface area contributed by atoms with E-state index in [1.165, 1.54) is 0 Å². The summed E-state index contributed by atoms with van der Waals surface area (Å²) in [6.07, 6.45) is 3.44. The summed E-state index contributed by atoms with van der Waals surface area (Å²) in [5.41, 5.74) is 0. The minimum Gasteiger partial charge on any atom is -0.480 e. The second-order valence-corrected chi connectivity index (χ2v) is 7.32. The average Bonchev–Trinajstić information content (AvgIpc) is 3.24. The van der Waals surface area contributed by atoms with Gasteiger partial charge in [0.1, 0.15) is 18.1 Å². The molecule has 2 heterocycles. The molecule has 150 valence electrons. The van der Waals surface area contributed by atoms with Gasteiger partial charge >= 0.3 is 12.0 Å². The lowest BCUT2D eigenvalue weighted by Gasteiger charge is -2.42. The topological polar surface area (TPSA) is 95.3 Å². The Labute approximate surface area is 159 Å². The number of methoxy groups -OCH3 is 1. The lowest BCUT2D eigenvalue weighted by Crippen LogP contribution is -2.56. The molecule has 1 saturated heterocycles. The van der Waals surface area contributed by atoms with E-state index in [4.69, 9.17) is 14.3 Å². The van der Waals surface area contributed by atoms with Gasteiger partial charge in [0.25, 0.3) is 0 Å². The van der Waals surface area contributed by atoms with E-state index in [0.717, 1.165) is 37.2 Å². The smallest absolute Gasteiger partial charge is 0.318 e. The van der Waals surface area contributed by atoms with Gasteiger partial charge in [-0.25, -0.2) is 4.79 Å². The molecule has 2 N–H and O–H groups in total. The zero-order chi connectivity index (χ0) is 19.4. The highest BCUT2D eigenvalue weighted by Gasteiger charge is 2.38. The zero-order valence-corrected chi connectivity index (χ0v) is 16.0. The molecule has 1 saturated carbocycles. The standard InChI is InChI=1S/C19H29N3O5/c1-3-21(11-18(23)24)14-9-13(10-14)20-19(25)22-8-4-5-16(22)17-7-6-15(27-17)12-26-2/h6-7,13-14,16H,3-5,8-12H2,1-2H3,(H,20,25)(H,23,24). The van der Waals surface area contributed by atoms with E-state index in [0.29, 0.717) is 19.7 Å². The molecule has 0 bridgehead atoms. The van der Waals surface area contributed by atoms with Crippen LogP contribution in [0.2, 0.25) is 0 Å². The Morgan fingerprint density at radius 1 is 1.41 bits per heavy atom. The van der Waals surface area contributed by atoms with Crippen molar-refractivity contribution in [1.29, 1.82) is 0 Å². The molecule has 2 fully saturated rings. The number of carboxylic acids is 1. The summed E-state index contributed by atoms with van der Waals surface area (Å²) in [5.74, 6) is 0.759. The van der Waals surface area contributed by atoms with E-state index in [1.807, 2.05) is 28.9 Å². The second-order valence-electron chi connectivity index (χ2n) is 7.32. The van der Waals surface area contributed by atoms with Crippen molar-refractivity contribution in [2.75, 3.05) is 26.7 Å². The van der Waals surface area contributed by atoms with Crippen LogP contribution in [0.4, 0.5) is 4.79 Å². The number of urea groups is 1. The number of furan rings is 1. The molecule has 0 radical (unpaired) electrons. The SMILES string of the molecule is CCN(CC(=O)O)C1CC(NC(=O)N2CCCC2c2ccc(COC)o2)C1. The molecule has 1 aliphatic carbocycles. The first kappa shape index (κ1) is 19.7. The summed E-state index contributed by atoms with van der Waals surface area (Å²) >= 11 is 0. The fourth-order valence-corrected chi connectivity index (χ4v) is 4.03. The van der Waals surface area contributed by atoms with E-state index in [1.54, 1.807) is 7.11 Å². The van der Waals surface area contributed by atoms with E-state index in [9.17, 15) is 9.59 Å². The maximum absolute atomic E-state index is 12.7. The number of likely N-dealkylation sites (tertiary alicyclic amines) is 1. The fourth-order valence-electron chi connectivity index (χ4n) is 4.03. The van der Waals surface area contributed by atoms with Gasteiger partial charge in [-0.15, -0.1) is 0 Å². The van der Waals surface area contributed by atoms with Gasteiger partial charge in [-0.3, -0.25) is 9.69 Å². The molecule has 2 amide bonds. The van der Waals surface area contributed by atoms with Crippen molar-refractivity contribution in [3.63, 3.8) is 0 Å². The van der Waals surface area contributed by atoms with Gasteiger partial charge < -0.3 is 24.5 Å². The van der Waals surface area contributed by atoms with Crippen LogP contribution in [0.1, 0.15) is 50.2 Å². The Morgan fingerprint density at radius 2 is 2.19 bits per heavy atom. The molecule has 27 heavy (non-hydrogen) atoms. The third kappa shape index (κ3) is 4.62. The number of carbonyl (C=O) groups excluding carboxylic acids is 1. The summed E-state index contributed by atoms with van der Waals surface area (Å²) in [6, 6.07) is 4.05. The van der Waals surface area contributed by atoms with Crippen LogP contribution in [0.25, 0.3) is 0 Å². The number of rotatable bonds is 8. The third-order valence-corrected chi connectivity index (χ3v) is 5.51. The van der Waals surface area contributed by atoms with Crippen molar-refractivity contribution < 1.29 is 23.8 Å². The minimum absolute atomic E-state index is 0.0365. The second kappa shape index (κ2) is 8.75. The fraction of sp³-hybridized carbons (Fsp3) is 0.684. The van der Waals surface area contributed by atoms with Crippen LogP contribution in [-0.2, 0) is 16.1 Å². The van der Waals surface area contributed by atoms with Crippen molar-refractivity contribution in [3.05, 3.63) is 23.7 Å². The molecule has 1 aliphatic heterocycles. The van der Waals surface area contributed by atoms with E-state index < -0.39 is 5.97 Å². The molecule has 1 unspecified atom stereocenters. The third-order valence-electron chi connectivity index (χ3n) is 5.51. The lowest BCUT2D eigenvalue weighted by molar-refractivity contribution is -0.139. The Morgan fingerprint density at radius 3 is 2.85 bits per heavy atom. The molecule has 2 aliphatic rings. The number of amides is 2. The normalized spacial score (nSPS) is 24.9. The van der Waals surface area contributed by atoms with Crippen molar-refractivity contribution in [2.45, 2.75) is 57.3 Å². The van der Waals surface area contributed by atoms with Gasteiger partial charge in [0, 0.05) is 25.7 Å². The minimum atomic E-state index is -0.810. The Bertz CT molecular complexity index is 656. The molecule has 1 aromatic rings. The monoisotopic (exact) mass is 379 g/mol. The van der Waals surface area contributed by atoms with Crippen LogP contribution in [0.5, 0.6) is 0 Å². The predicted molar refractivity (Wildman–Crippen MR) is 98.3 cm³/mol. The average molecular weight is 379 g/mol. The first-order chi connectivity index (χ1) is 13.0. The Hall–Kier alpha value is -2.06. The predicted octanol–water partition coefficient (Wildman–Crippen LogP) is 2.21. The summed E-state index contributed by atoms with van der Waals surface area (Å²) in [6.45, 7) is 3.86. The molecule has 8 nitrogen and oxygen atoms in total. The maximum atomic E-state index is 12.7. The highest BCUT2D eigenvalue weighted by Crippen LogP contribution is 2.34. The quantitative estimate of drug-likeness (QED) is 0.719. The van der Waals surface area contributed by atoms with Crippen LogP contribution in [-0.4, -0.2) is 65.7 Å². The maximum Gasteiger partial charge on any atom is 0.318 e. The van der Waals surface area contributed by atoms with Crippen molar-refractivity contribution in [2.24, 2.45) is 0 Å². The number of aliphatic carboxylic acids is 1. The highest BCUT2D eigenvalue weighted by molar-refractivity contribution is 5.75. The molecule has 0 spiro atoms. The largest absolute Gasteiger partial charge is 0.480 e. The van der Waals surface area contributed by atoms with Crippen molar-refractivity contribution in [3.8, 4) is 0 Å². The molecule has 3 rings (SSSR count). The number of hydrogen-bond acceptors (Lipinski definition) is 5. The van der Waals surface area contributed by atoms with Crippen molar-refractivity contribution in [1.82, 2.24) is 15.1 Å². The molecule has 1 aromatic heterocycles. The van der Waals surface area contributed by atoms with Crippen molar-refractivity contribution >= 4 is 12.0 Å². The van der Waals surface area contributed by atoms with E-state index in [2.05, 4.69) is 5.32 Å². The number of carbonyl (C=O) groups is 2. The zero-order valence-electron chi connectivity index (χ0n) is 16.0. The van der Waals surface area contributed by atoms with E-state index >= 15 is 0 Å². The number of hydrogen-bond donors (Lipinski definition) is 2. The highest BCUT2D eigenvalue weighted by atomic mass is 16.5. The summed E-state index contributed by atoms with van der Waals surface area (Å²) in [4.78, 5) is 27.4. The molecule has 0 aromatic carbocycles. The van der Waals surface area contributed by atoms with Gasteiger partial charge in [0.2, 0.25) is 0 Å². The van der Waals surface area contributed by atoms with Crippen LogP contribution in [0.3, 0.4) is 0 Å². The van der Waals surface area contributed by atoms with Crippen LogP contribution >= 0.6 is 0 Å². The van der Waals surface area contributed by atoms with Crippen LogP contribution in [0.15, 0.2) is 16.5 Å². The number of nitrogens with one attached hydrogen (secondary N) is 1. The molecular weight excluding hydrogens is 350 g/mol. The van der Waals surface area contributed by atoms with Crippen LogP contribution in [0, 0.1) is 0 Å². The van der Waals surface area contributed by atoms with Gasteiger partial charge in [0.15, 0.2) is 0 Å². The molecule has 1 atom stereocenters. The van der Waals surface area contributed by atoms with E-state index in [-0.39, 0.29) is 30.7 Å². The molecular formula is C19H29N3O5. The lowest BCUT2D eigenvalue weighted by atomic mass is 9.85. The summed E-state index contributed by atoms with van der Waals surface area (Å²) in [5, 5.41) is 12.1. The summed E-state index contributed by atoms with van der Waals surface area (Å²) in [7, 11) is 1.62. The van der Waals surface area contributed by atoms with Gasteiger partial charge in [0.05, 0.1) is 12.6 Å². The van der Waals surface area contributed by atoms with Gasteiger partial charge in [-0.1, -0.05) is 6.92 Å². The molecule has 8 heteroatoms. The van der Waals surface area contributed by atoms with Crippen LogP contribution < -0.4 is 5.32 Å². The number of ether oxygens (including phenoxy) is 1. The number of carboxylic acid groups (broad SMARTS) is 1.